The van der Waals surface area contributed by atoms with Crippen molar-refractivity contribution in [1.29, 1.82) is 0 Å². The fourth-order valence-corrected chi connectivity index (χ4v) is 3.99. The van der Waals surface area contributed by atoms with Gasteiger partial charge in [-0.2, -0.15) is 26.3 Å². The smallest absolute Gasteiger partial charge is 0.369 e. The second-order valence-electron chi connectivity index (χ2n) is 8.96. The first-order chi connectivity index (χ1) is 13.5. The van der Waals surface area contributed by atoms with Crippen molar-refractivity contribution in [3.8, 4) is 0 Å². The van der Waals surface area contributed by atoms with Gasteiger partial charge in [0.1, 0.15) is 0 Å². The van der Waals surface area contributed by atoms with E-state index in [2.05, 4.69) is 27.7 Å². The maximum atomic E-state index is 13.2. The predicted molar refractivity (Wildman–Crippen MR) is 107 cm³/mol. The summed E-state index contributed by atoms with van der Waals surface area (Å²) in [4.78, 5) is 0. The highest BCUT2D eigenvalue weighted by atomic mass is 19.4. The Balaban J connectivity index is 3.53. The molecule has 0 heterocycles. The normalized spacial score (nSPS) is 15.4. The lowest BCUT2D eigenvalue weighted by Crippen LogP contribution is -2.53. The van der Waals surface area contributed by atoms with E-state index < -0.39 is 23.5 Å². The second kappa shape index (κ2) is 9.09. The van der Waals surface area contributed by atoms with Crippen LogP contribution in [-0.2, 0) is 5.60 Å². The van der Waals surface area contributed by atoms with E-state index in [4.69, 9.17) is 0 Å². The number of hydrogen-bond donors (Lipinski definition) is 1. The maximum Gasteiger partial charge on any atom is 0.430 e. The summed E-state index contributed by atoms with van der Waals surface area (Å²) in [6.07, 6.45) is -7.48. The zero-order valence-corrected chi connectivity index (χ0v) is 18.6. The van der Waals surface area contributed by atoms with Crippen LogP contribution in [0.25, 0.3) is 0 Å². The van der Waals surface area contributed by atoms with Crippen LogP contribution in [0.3, 0.4) is 0 Å². The van der Waals surface area contributed by atoms with Gasteiger partial charge in [0.05, 0.1) is 0 Å². The number of alkyl halides is 6. The minimum absolute atomic E-state index is 0.00755. The lowest BCUT2D eigenvalue weighted by molar-refractivity contribution is -0.376. The Morgan fingerprint density at radius 2 is 1.13 bits per heavy atom. The molecule has 1 atom stereocenters. The molecule has 0 saturated carbocycles. The Labute approximate surface area is 175 Å². The predicted octanol–water partition coefficient (Wildman–Crippen LogP) is 8.13. The van der Waals surface area contributed by atoms with Gasteiger partial charge in [-0.1, -0.05) is 91.5 Å². The van der Waals surface area contributed by atoms with Crippen LogP contribution in [-0.4, -0.2) is 17.5 Å². The quantitative estimate of drug-likeness (QED) is 0.384. The molecule has 0 radical (unpaired) electrons. The summed E-state index contributed by atoms with van der Waals surface area (Å²) in [6.45, 7) is 12.5. The van der Waals surface area contributed by atoms with Crippen molar-refractivity contribution in [2.75, 3.05) is 0 Å². The second-order valence-corrected chi connectivity index (χ2v) is 8.96. The first kappa shape index (κ1) is 26.8. The summed E-state index contributed by atoms with van der Waals surface area (Å²) < 4.78 is 79.1. The molecule has 0 saturated heterocycles. The molecule has 0 aliphatic heterocycles. The highest BCUT2D eigenvalue weighted by molar-refractivity contribution is 5.33. The van der Waals surface area contributed by atoms with Gasteiger partial charge in [-0.3, -0.25) is 0 Å². The van der Waals surface area contributed by atoms with Crippen molar-refractivity contribution in [3.05, 3.63) is 35.4 Å². The van der Waals surface area contributed by atoms with Gasteiger partial charge in [0.15, 0.2) is 0 Å². The topological polar surface area (TPSA) is 20.2 Å². The van der Waals surface area contributed by atoms with Crippen molar-refractivity contribution < 1.29 is 31.4 Å². The first-order valence-corrected chi connectivity index (χ1v) is 10.5. The van der Waals surface area contributed by atoms with Crippen molar-refractivity contribution in [3.63, 3.8) is 0 Å². The Morgan fingerprint density at radius 1 is 0.733 bits per heavy atom. The molecule has 1 rings (SSSR count). The number of benzene rings is 1. The summed E-state index contributed by atoms with van der Waals surface area (Å²) in [5.74, 6) is -0.0312. The number of rotatable bonds is 9. The van der Waals surface area contributed by atoms with Gasteiger partial charge in [-0.05, 0) is 28.7 Å². The Hall–Kier alpha value is -1.24. The molecule has 1 aromatic rings. The van der Waals surface area contributed by atoms with E-state index in [0.29, 0.717) is 5.56 Å². The van der Waals surface area contributed by atoms with Crippen molar-refractivity contribution >= 4 is 0 Å². The minimum atomic E-state index is -5.88. The molecule has 0 amide bonds. The molecule has 0 spiro atoms. The van der Waals surface area contributed by atoms with Gasteiger partial charge in [-0.15, -0.1) is 0 Å². The summed E-state index contributed by atoms with van der Waals surface area (Å²) in [5, 5.41) is 9.65. The van der Waals surface area contributed by atoms with Crippen LogP contribution < -0.4 is 0 Å². The van der Waals surface area contributed by atoms with Gasteiger partial charge in [0.25, 0.3) is 5.60 Å². The van der Waals surface area contributed by atoms with Gasteiger partial charge in [0.2, 0.25) is 0 Å². The SMILES string of the molecule is CCC(C)(CC)CC(c1ccc(C(O)(C(F)(F)F)C(F)(F)F)cc1)C(C)(CC)CC. The fourth-order valence-electron chi connectivity index (χ4n) is 3.99. The summed E-state index contributed by atoms with van der Waals surface area (Å²) in [6, 6.07) is 4.17. The molecule has 1 N–H and O–H groups in total. The molecular weight excluding hydrogens is 406 g/mol. The van der Waals surface area contributed by atoms with Crippen molar-refractivity contribution in [2.24, 2.45) is 10.8 Å². The van der Waals surface area contributed by atoms with E-state index in [0.717, 1.165) is 44.2 Å². The van der Waals surface area contributed by atoms with E-state index in [1.54, 1.807) is 0 Å². The summed E-state index contributed by atoms with van der Waals surface area (Å²) in [5.41, 5.74) is -5.56. The fraction of sp³-hybridized carbons (Fsp3) is 0.739. The Kier molecular flexibility index (Phi) is 8.12. The molecular formula is C23H34F6O. The number of aliphatic hydroxyl groups is 1. The zero-order chi connectivity index (χ0) is 23.6. The van der Waals surface area contributed by atoms with Crippen LogP contribution in [0, 0.1) is 10.8 Å². The molecule has 7 heteroatoms. The third-order valence-corrected chi connectivity index (χ3v) is 7.41. The van der Waals surface area contributed by atoms with Crippen LogP contribution >= 0.6 is 0 Å². The summed E-state index contributed by atoms with van der Waals surface area (Å²) in [7, 11) is 0. The lowest BCUT2D eigenvalue weighted by atomic mass is 9.63. The van der Waals surface area contributed by atoms with Gasteiger partial charge < -0.3 is 5.11 Å². The monoisotopic (exact) mass is 440 g/mol. The average Bonchev–Trinajstić information content (AvgIpc) is 2.69. The van der Waals surface area contributed by atoms with E-state index in [9.17, 15) is 31.4 Å². The van der Waals surface area contributed by atoms with Crippen molar-refractivity contribution in [1.82, 2.24) is 0 Å². The first-order valence-electron chi connectivity index (χ1n) is 10.5. The summed E-state index contributed by atoms with van der Waals surface area (Å²) >= 11 is 0. The average molecular weight is 441 g/mol. The van der Waals surface area contributed by atoms with Crippen LogP contribution in [0.5, 0.6) is 0 Å². The van der Waals surface area contributed by atoms with Crippen LogP contribution in [0.2, 0.25) is 0 Å². The number of halogens is 6. The standard InChI is InChI=1S/C23H34F6O/c1-7-19(5,8-2)15-18(20(6,9-3)10-4)16-11-13-17(14-12-16)21(30,22(24,25)26)23(27,28)29/h11-14,18,30H,7-10,15H2,1-6H3. The molecule has 0 aliphatic rings. The molecule has 1 unspecified atom stereocenters. The molecule has 0 fully saturated rings. The molecule has 0 aromatic heterocycles. The highest BCUT2D eigenvalue weighted by Crippen LogP contribution is 2.52. The van der Waals surface area contributed by atoms with Crippen molar-refractivity contribution in [2.45, 2.75) is 97.5 Å². The van der Waals surface area contributed by atoms with Crippen LogP contribution in [0.4, 0.5) is 26.3 Å². The largest absolute Gasteiger partial charge is 0.430 e. The third-order valence-electron chi connectivity index (χ3n) is 7.41. The van der Waals surface area contributed by atoms with E-state index in [1.807, 2.05) is 13.8 Å². The molecule has 0 aliphatic carbocycles. The molecule has 30 heavy (non-hydrogen) atoms. The maximum absolute atomic E-state index is 13.2. The van der Waals surface area contributed by atoms with E-state index >= 15 is 0 Å². The van der Waals surface area contributed by atoms with Gasteiger partial charge in [-0.25, -0.2) is 0 Å². The molecule has 1 aromatic carbocycles. The third kappa shape index (κ3) is 4.97. The minimum Gasteiger partial charge on any atom is -0.369 e. The van der Waals surface area contributed by atoms with Gasteiger partial charge in [0, 0.05) is 5.56 Å². The Bertz CT molecular complexity index is 652. The number of hydrogen-bond acceptors (Lipinski definition) is 1. The molecule has 174 valence electrons. The molecule has 0 bridgehead atoms. The van der Waals surface area contributed by atoms with E-state index in [1.165, 1.54) is 12.1 Å². The lowest BCUT2D eigenvalue weighted by Gasteiger charge is -2.42. The van der Waals surface area contributed by atoms with Crippen LogP contribution in [0.15, 0.2) is 24.3 Å². The Morgan fingerprint density at radius 3 is 1.43 bits per heavy atom. The van der Waals surface area contributed by atoms with E-state index in [-0.39, 0.29) is 16.7 Å². The molecule has 1 nitrogen and oxygen atoms in total. The zero-order valence-electron chi connectivity index (χ0n) is 18.6. The highest BCUT2D eigenvalue weighted by Gasteiger charge is 2.71. The van der Waals surface area contributed by atoms with Crippen LogP contribution in [0.1, 0.15) is 90.7 Å². The van der Waals surface area contributed by atoms with Gasteiger partial charge >= 0.3 is 12.4 Å².